The highest BCUT2D eigenvalue weighted by atomic mass is 32.2. The summed E-state index contributed by atoms with van der Waals surface area (Å²) in [5.41, 5.74) is 6.85. The number of amidine groups is 2. The third-order valence-electron chi connectivity index (χ3n) is 5.76. The van der Waals surface area contributed by atoms with E-state index in [1.54, 1.807) is 6.08 Å². The van der Waals surface area contributed by atoms with Crippen molar-refractivity contribution in [1.82, 2.24) is 9.58 Å². The largest absolute Gasteiger partial charge is 0.318 e. The molecule has 2 aliphatic rings. The minimum Gasteiger partial charge on any atom is -0.318 e. The van der Waals surface area contributed by atoms with E-state index in [0.29, 0.717) is 5.17 Å². The van der Waals surface area contributed by atoms with Gasteiger partial charge in [0.05, 0.1) is 5.57 Å². The van der Waals surface area contributed by atoms with Gasteiger partial charge in [0, 0.05) is 17.1 Å². The minimum absolute atomic E-state index is 0.0879. The lowest BCUT2D eigenvalue weighted by Gasteiger charge is -2.20. The molecule has 1 amide bonds. The fourth-order valence-corrected chi connectivity index (χ4v) is 4.74. The van der Waals surface area contributed by atoms with Crippen molar-refractivity contribution >= 4 is 39.8 Å². The number of hydrazone groups is 1. The van der Waals surface area contributed by atoms with Crippen molar-refractivity contribution in [3.8, 4) is 5.69 Å². The summed E-state index contributed by atoms with van der Waals surface area (Å²) in [5, 5.41) is 16.0. The van der Waals surface area contributed by atoms with Crippen LogP contribution in [-0.4, -0.2) is 31.5 Å². The van der Waals surface area contributed by atoms with E-state index in [0.717, 1.165) is 46.9 Å². The second-order valence-corrected chi connectivity index (χ2v) is 9.09. The first kappa shape index (κ1) is 21.3. The first-order chi connectivity index (χ1) is 14.8. The van der Waals surface area contributed by atoms with Crippen molar-refractivity contribution in [3.63, 3.8) is 0 Å². The predicted molar refractivity (Wildman–Crippen MR) is 129 cm³/mol. The van der Waals surface area contributed by atoms with E-state index in [9.17, 15) is 4.79 Å². The van der Waals surface area contributed by atoms with E-state index in [2.05, 4.69) is 60.6 Å². The number of hydrogen-bond acceptors (Lipinski definition) is 4. The molecule has 0 fully saturated rings. The maximum absolute atomic E-state index is 12.7. The number of aromatic nitrogens is 1. The molecule has 2 aromatic rings. The first-order valence-corrected chi connectivity index (χ1v) is 11.4. The van der Waals surface area contributed by atoms with Gasteiger partial charge in [0.15, 0.2) is 5.84 Å². The molecule has 0 bridgehead atoms. The topological polar surface area (TPSA) is 73.8 Å². The van der Waals surface area contributed by atoms with E-state index in [1.807, 2.05) is 13.0 Å². The van der Waals surface area contributed by atoms with E-state index >= 15 is 0 Å². The van der Waals surface area contributed by atoms with Crippen LogP contribution >= 0.6 is 11.8 Å². The monoisotopic (exact) mass is 433 g/mol. The van der Waals surface area contributed by atoms with E-state index in [-0.39, 0.29) is 17.3 Å². The Morgan fingerprint density at radius 2 is 1.90 bits per heavy atom. The Labute approximate surface area is 187 Å². The molecule has 0 unspecified atom stereocenters. The lowest BCUT2D eigenvalue weighted by Crippen LogP contribution is -2.35. The van der Waals surface area contributed by atoms with Gasteiger partial charge in [0.25, 0.3) is 5.91 Å². The predicted octanol–water partition coefficient (Wildman–Crippen LogP) is 5.52. The Balaban J connectivity index is 1.69. The molecule has 0 atom stereocenters. The van der Waals surface area contributed by atoms with Crippen molar-refractivity contribution in [1.29, 1.82) is 5.41 Å². The van der Waals surface area contributed by atoms with Gasteiger partial charge in [-0.2, -0.15) is 15.1 Å². The van der Waals surface area contributed by atoms with E-state index < -0.39 is 0 Å². The summed E-state index contributed by atoms with van der Waals surface area (Å²) in [6.45, 7) is 10.4. The molecule has 1 N–H and O–H groups in total. The maximum atomic E-state index is 12.7. The van der Waals surface area contributed by atoms with Gasteiger partial charge in [0.1, 0.15) is 5.04 Å². The highest BCUT2D eigenvalue weighted by Crippen LogP contribution is 2.31. The van der Waals surface area contributed by atoms with Gasteiger partial charge in [-0.15, -0.1) is 0 Å². The van der Waals surface area contributed by atoms with Crippen LogP contribution in [0.25, 0.3) is 11.8 Å². The molecule has 3 heterocycles. The smallest absolute Gasteiger partial charge is 0.283 e. The second kappa shape index (κ2) is 8.30. The number of nitrogens with zero attached hydrogens (tertiary/aromatic N) is 4. The summed E-state index contributed by atoms with van der Waals surface area (Å²) in [5.74, 6) is -0.295. The van der Waals surface area contributed by atoms with Crippen LogP contribution < -0.4 is 0 Å². The van der Waals surface area contributed by atoms with Gasteiger partial charge in [-0.25, -0.2) is 0 Å². The minimum atomic E-state index is -0.383. The fourth-order valence-electron chi connectivity index (χ4n) is 3.81. The standard InChI is InChI=1S/C24H27N5OS/c1-6-7-8-21-27-29-22(25)20(23(30)26-24(29)31-21)13-18-12-16(4)28(17(18)5)19-10-9-14(2)15(3)11-19/h9-13,25H,6-8H2,1-5H3/b20-13+,25-22?. The van der Waals surface area contributed by atoms with Crippen LogP contribution in [0.3, 0.4) is 0 Å². The quantitative estimate of drug-likeness (QED) is 0.631. The van der Waals surface area contributed by atoms with E-state index in [1.165, 1.54) is 27.9 Å². The number of rotatable bonds is 5. The van der Waals surface area contributed by atoms with Gasteiger partial charge in [0.2, 0.25) is 5.17 Å². The van der Waals surface area contributed by atoms with Gasteiger partial charge in [-0.3, -0.25) is 10.2 Å². The van der Waals surface area contributed by atoms with Crippen LogP contribution in [0.15, 0.2) is 39.9 Å². The molecule has 31 heavy (non-hydrogen) atoms. The number of fused-ring (bicyclic) bond motifs is 1. The van der Waals surface area contributed by atoms with Gasteiger partial charge < -0.3 is 4.57 Å². The molecule has 2 aliphatic heterocycles. The zero-order valence-electron chi connectivity index (χ0n) is 18.6. The van der Waals surface area contributed by atoms with Crippen LogP contribution in [0.4, 0.5) is 0 Å². The number of aliphatic imine (C=N–C) groups is 1. The van der Waals surface area contributed by atoms with Crippen molar-refractivity contribution in [2.24, 2.45) is 10.1 Å². The number of hydrogen-bond donors (Lipinski definition) is 1. The third kappa shape index (κ3) is 3.90. The molecule has 0 saturated heterocycles. The molecule has 0 spiro atoms. The van der Waals surface area contributed by atoms with Crippen LogP contribution in [-0.2, 0) is 4.79 Å². The highest BCUT2D eigenvalue weighted by molar-refractivity contribution is 8.26. The fraction of sp³-hybridized carbons (Fsp3) is 0.333. The van der Waals surface area contributed by atoms with Crippen molar-refractivity contribution < 1.29 is 4.79 Å². The summed E-state index contributed by atoms with van der Waals surface area (Å²) in [7, 11) is 0. The number of unbranched alkanes of at least 4 members (excludes halogenated alkanes) is 1. The van der Waals surface area contributed by atoms with E-state index in [4.69, 9.17) is 5.41 Å². The van der Waals surface area contributed by atoms with Crippen LogP contribution in [0, 0.1) is 33.1 Å². The zero-order chi connectivity index (χ0) is 22.3. The highest BCUT2D eigenvalue weighted by Gasteiger charge is 2.35. The number of nitrogens with one attached hydrogen (secondary N) is 1. The number of carbonyl (C=O) groups is 1. The van der Waals surface area contributed by atoms with Crippen LogP contribution in [0.5, 0.6) is 0 Å². The molecule has 160 valence electrons. The molecule has 0 saturated carbocycles. The molecule has 4 rings (SSSR count). The maximum Gasteiger partial charge on any atom is 0.283 e. The van der Waals surface area contributed by atoms with Crippen LogP contribution in [0.1, 0.15) is 54.3 Å². The summed E-state index contributed by atoms with van der Waals surface area (Å²) >= 11 is 1.39. The average molecular weight is 434 g/mol. The molecular weight excluding hydrogens is 406 g/mol. The normalized spacial score (nSPS) is 17.3. The lowest BCUT2D eigenvalue weighted by molar-refractivity contribution is -0.114. The zero-order valence-corrected chi connectivity index (χ0v) is 19.4. The summed E-state index contributed by atoms with van der Waals surface area (Å²) in [6, 6.07) is 8.45. The Morgan fingerprint density at radius 3 is 2.61 bits per heavy atom. The first-order valence-electron chi connectivity index (χ1n) is 10.6. The summed E-state index contributed by atoms with van der Waals surface area (Å²) in [4.78, 5) is 16.9. The molecular formula is C24H27N5OS. The Morgan fingerprint density at radius 1 is 1.13 bits per heavy atom. The number of carbonyl (C=O) groups excluding carboxylic acids is 1. The molecule has 7 heteroatoms. The lowest BCUT2D eigenvalue weighted by atomic mass is 10.1. The molecule has 1 aromatic heterocycles. The Kier molecular flexibility index (Phi) is 5.71. The number of thioether (sulfide) groups is 1. The van der Waals surface area contributed by atoms with Gasteiger partial charge in [-0.1, -0.05) is 19.4 Å². The van der Waals surface area contributed by atoms with Crippen LogP contribution in [0.2, 0.25) is 0 Å². The van der Waals surface area contributed by atoms with Gasteiger partial charge >= 0.3 is 0 Å². The SMILES string of the molecule is CCCCC1=NN2C(=N)/C(=C\c3cc(C)n(-c4ccc(C)c(C)c4)c3C)C(=O)N=C2S1. The summed E-state index contributed by atoms with van der Waals surface area (Å²) in [6.07, 6.45) is 4.72. The average Bonchev–Trinajstić information content (AvgIpc) is 3.26. The number of benzene rings is 1. The Hall–Kier alpha value is -2.93. The molecule has 1 aromatic carbocycles. The number of amides is 1. The van der Waals surface area contributed by atoms with Gasteiger partial charge in [-0.05, 0) is 93.3 Å². The van der Waals surface area contributed by atoms with Crippen molar-refractivity contribution in [2.45, 2.75) is 53.9 Å². The molecule has 6 nitrogen and oxygen atoms in total. The third-order valence-corrected chi connectivity index (χ3v) is 6.73. The summed E-state index contributed by atoms with van der Waals surface area (Å²) < 4.78 is 2.18. The Bertz CT molecular complexity index is 1180. The second-order valence-electron chi connectivity index (χ2n) is 8.05. The number of aryl methyl sites for hydroxylation is 3. The van der Waals surface area contributed by atoms with Crippen molar-refractivity contribution in [2.75, 3.05) is 0 Å². The molecule has 0 aliphatic carbocycles. The molecule has 0 radical (unpaired) electrons. The van der Waals surface area contributed by atoms with Crippen molar-refractivity contribution in [3.05, 3.63) is 57.9 Å².